The van der Waals surface area contributed by atoms with Crippen LogP contribution < -0.4 is 0 Å². The van der Waals surface area contributed by atoms with Crippen LogP contribution in [0.5, 0.6) is 0 Å². The third kappa shape index (κ3) is 10.7. The maximum Gasteiger partial charge on any atom is 0.484 e. The Morgan fingerprint density at radius 1 is 1.00 bits per heavy atom. The van der Waals surface area contributed by atoms with Crippen molar-refractivity contribution in [3.05, 3.63) is 0 Å². The lowest BCUT2D eigenvalue weighted by Crippen LogP contribution is -2.31. The maximum absolute atomic E-state index is 5.94. The molecule has 0 spiro atoms. The molecule has 1 fully saturated rings. The molecular weight excluding hydrogens is 300 g/mol. The lowest BCUT2D eigenvalue weighted by molar-refractivity contribution is 0.0387. The van der Waals surface area contributed by atoms with Gasteiger partial charge in [0.05, 0.1) is 19.8 Å². The molecule has 0 saturated carbocycles. The number of epoxide rings is 1. The highest BCUT2D eigenvalue weighted by Gasteiger charge is 2.23. The highest BCUT2D eigenvalue weighted by atomic mass is 28.3. The van der Waals surface area contributed by atoms with E-state index < -0.39 is 9.53 Å². The van der Waals surface area contributed by atoms with Gasteiger partial charge in [0.1, 0.15) is 6.10 Å². The lowest BCUT2D eigenvalue weighted by atomic mass is 10.1. The van der Waals surface area contributed by atoms with Crippen LogP contribution in [0, 0.1) is 5.92 Å². The van der Waals surface area contributed by atoms with Gasteiger partial charge in [0.25, 0.3) is 0 Å². The fourth-order valence-corrected chi connectivity index (χ4v) is 3.26. The number of rotatable bonds is 16. The molecule has 1 rings (SSSR count). The van der Waals surface area contributed by atoms with Crippen molar-refractivity contribution in [2.45, 2.75) is 59.0 Å². The molecule has 0 aromatic rings. The van der Waals surface area contributed by atoms with Gasteiger partial charge in [-0.25, -0.2) is 0 Å². The van der Waals surface area contributed by atoms with Gasteiger partial charge in [0.2, 0.25) is 0 Å². The molecule has 1 saturated heterocycles. The summed E-state index contributed by atoms with van der Waals surface area (Å²) in [6.07, 6.45) is 5.75. The van der Waals surface area contributed by atoms with Crippen molar-refractivity contribution >= 4 is 9.53 Å². The van der Waals surface area contributed by atoms with E-state index in [0.29, 0.717) is 25.2 Å². The Morgan fingerprint density at radius 2 is 1.64 bits per heavy atom. The third-order valence-electron chi connectivity index (χ3n) is 3.61. The van der Waals surface area contributed by atoms with Gasteiger partial charge >= 0.3 is 9.53 Å². The molecule has 6 heteroatoms. The highest BCUT2D eigenvalue weighted by Crippen LogP contribution is 2.11. The van der Waals surface area contributed by atoms with Crippen molar-refractivity contribution in [3.8, 4) is 0 Å². The van der Waals surface area contributed by atoms with Crippen LogP contribution in [0.15, 0.2) is 0 Å². The molecule has 0 amide bonds. The zero-order valence-electron chi connectivity index (χ0n) is 14.6. The number of hydrogen-bond donors (Lipinski definition) is 0. The van der Waals surface area contributed by atoms with E-state index in [9.17, 15) is 0 Å². The normalized spacial score (nSPS) is 18.8. The molecule has 2 atom stereocenters. The predicted molar refractivity (Wildman–Crippen MR) is 89.2 cm³/mol. The van der Waals surface area contributed by atoms with E-state index in [1.807, 2.05) is 0 Å². The van der Waals surface area contributed by atoms with E-state index in [2.05, 4.69) is 20.8 Å². The van der Waals surface area contributed by atoms with Crippen LogP contribution in [0.2, 0.25) is 0 Å². The van der Waals surface area contributed by atoms with Crippen LogP contribution in [-0.2, 0) is 22.8 Å². The summed E-state index contributed by atoms with van der Waals surface area (Å²) in [5.74, 6) is 0.401. The van der Waals surface area contributed by atoms with Crippen molar-refractivity contribution in [2.24, 2.45) is 5.92 Å². The summed E-state index contributed by atoms with van der Waals surface area (Å²) in [4.78, 5) is 0. The maximum atomic E-state index is 5.94. The Morgan fingerprint density at radius 3 is 2.14 bits per heavy atom. The van der Waals surface area contributed by atoms with E-state index in [-0.39, 0.29) is 0 Å². The van der Waals surface area contributed by atoms with Crippen LogP contribution >= 0.6 is 0 Å². The minimum absolute atomic E-state index is 0.329. The molecule has 1 aliphatic heterocycles. The van der Waals surface area contributed by atoms with Crippen LogP contribution in [0.4, 0.5) is 0 Å². The van der Waals surface area contributed by atoms with Crippen molar-refractivity contribution in [2.75, 3.05) is 39.6 Å². The second-order valence-electron chi connectivity index (χ2n) is 5.84. The SMILES string of the molecule is CCCCO[SiH](OCCCC)OCC(CC)COCC1CO1. The second-order valence-corrected chi connectivity index (χ2v) is 7.42. The van der Waals surface area contributed by atoms with Gasteiger partial charge in [-0.2, -0.15) is 0 Å². The van der Waals surface area contributed by atoms with Crippen molar-refractivity contribution in [3.63, 3.8) is 0 Å². The molecule has 0 aromatic heterocycles. The lowest BCUT2D eigenvalue weighted by Gasteiger charge is -2.20. The molecule has 0 N–H and O–H groups in total. The molecule has 1 heterocycles. The number of unbranched alkanes of at least 4 members (excludes halogenated alkanes) is 2. The van der Waals surface area contributed by atoms with Crippen LogP contribution in [0.25, 0.3) is 0 Å². The van der Waals surface area contributed by atoms with Crippen molar-refractivity contribution < 1.29 is 22.8 Å². The zero-order chi connectivity index (χ0) is 16.0. The van der Waals surface area contributed by atoms with Gasteiger partial charge in [-0.3, -0.25) is 0 Å². The smallest absolute Gasteiger partial charge is 0.378 e. The Bertz CT molecular complexity index is 241. The van der Waals surface area contributed by atoms with E-state index in [1.54, 1.807) is 0 Å². The molecule has 132 valence electrons. The zero-order valence-corrected chi connectivity index (χ0v) is 15.7. The fraction of sp³-hybridized carbons (Fsp3) is 1.00. The number of hydrogen-bond acceptors (Lipinski definition) is 5. The predicted octanol–water partition coefficient (Wildman–Crippen LogP) is 2.80. The molecule has 0 bridgehead atoms. The van der Waals surface area contributed by atoms with E-state index in [4.69, 9.17) is 22.8 Å². The first kappa shape index (κ1) is 20.1. The Kier molecular flexibility index (Phi) is 12.3. The number of ether oxygens (including phenoxy) is 2. The average molecular weight is 335 g/mol. The Labute approximate surface area is 137 Å². The van der Waals surface area contributed by atoms with Crippen LogP contribution in [0.3, 0.4) is 0 Å². The first-order chi connectivity index (χ1) is 10.8. The molecule has 22 heavy (non-hydrogen) atoms. The minimum atomic E-state index is -1.99. The Hall–Kier alpha value is 0.0169. The summed E-state index contributed by atoms with van der Waals surface area (Å²) in [5.41, 5.74) is 0. The highest BCUT2D eigenvalue weighted by molar-refractivity contribution is 6.36. The van der Waals surface area contributed by atoms with Gasteiger partial charge in [0, 0.05) is 25.7 Å². The first-order valence-corrected chi connectivity index (χ1v) is 10.3. The third-order valence-corrected chi connectivity index (χ3v) is 5.09. The monoisotopic (exact) mass is 334 g/mol. The summed E-state index contributed by atoms with van der Waals surface area (Å²) in [6, 6.07) is 0. The molecule has 5 nitrogen and oxygen atoms in total. The minimum Gasteiger partial charge on any atom is -0.378 e. The van der Waals surface area contributed by atoms with Gasteiger partial charge in [0.15, 0.2) is 0 Å². The summed E-state index contributed by atoms with van der Waals surface area (Å²) in [5, 5.41) is 0. The summed E-state index contributed by atoms with van der Waals surface area (Å²) in [7, 11) is -1.99. The summed E-state index contributed by atoms with van der Waals surface area (Å²) >= 11 is 0. The van der Waals surface area contributed by atoms with Gasteiger partial charge in [-0.05, 0) is 19.3 Å². The largest absolute Gasteiger partial charge is 0.484 e. The summed E-state index contributed by atoms with van der Waals surface area (Å²) in [6.45, 7) is 10.9. The van der Waals surface area contributed by atoms with E-state index >= 15 is 0 Å². The topological polar surface area (TPSA) is 49.5 Å². The van der Waals surface area contributed by atoms with Gasteiger partial charge in [-0.15, -0.1) is 0 Å². The molecular formula is C16H34O5Si. The van der Waals surface area contributed by atoms with E-state index in [0.717, 1.165) is 58.5 Å². The second kappa shape index (κ2) is 13.5. The Balaban J connectivity index is 2.17. The van der Waals surface area contributed by atoms with Crippen molar-refractivity contribution in [1.29, 1.82) is 0 Å². The standard InChI is InChI=1S/C16H34O5Si/c1-4-7-9-19-22(20-10-8-5-2)21-12-15(6-3)11-17-13-16-14-18-16/h15-16,22H,4-14H2,1-3H3. The molecule has 0 aliphatic carbocycles. The quantitative estimate of drug-likeness (QED) is 0.247. The van der Waals surface area contributed by atoms with E-state index in [1.165, 1.54) is 0 Å². The summed E-state index contributed by atoms with van der Waals surface area (Å²) < 4.78 is 28.4. The van der Waals surface area contributed by atoms with Gasteiger partial charge in [-0.1, -0.05) is 33.6 Å². The van der Waals surface area contributed by atoms with Crippen molar-refractivity contribution in [1.82, 2.24) is 0 Å². The fourth-order valence-electron chi connectivity index (χ4n) is 1.82. The average Bonchev–Trinajstić information content (AvgIpc) is 3.34. The van der Waals surface area contributed by atoms with Gasteiger partial charge < -0.3 is 22.8 Å². The molecule has 0 aromatic carbocycles. The molecule has 1 aliphatic rings. The molecule has 0 radical (unpaired) electrons. The van der Waals surface area contributed by atoms with Crippen LogP contribution in [-0.4, -0.2) is 55.3 Å². The first-order valence-electron chi connectivity index (χ1n) is 8.84. The molecule has 2 unspecified atom stereocenters. The van der Waals surface area contributed by atoms with Crippen LogP contribution in [0.1, 0.15) is 52.9 Å².